The molecule has 12 heteroatoms. The summed E-state index contributed by atoms with van der Waals surface area (Å²) in [6.45, 7) is 8.99. The van der Waals surface area contributed by atoms with Crippen LogP contribution in [0.2, 0.25) is 0 Å². The Labute approximate surface area is 380 Å². The number of hydrogen-bond acceptors (Lipinski definition) is 11. The monoisotopic (exact) mass is 885 g/mol. The standard InChI is InChI=1S/C14H16O2.C13H14FNO2.2C13H15NO2/c1-10-6-8-14(9-7-10)12-5-3-2-4-11(12)13(15)16-14;1-8-2-4-13(5-3-8)10-7-15-11(14)6-9(10)12(16)17-13;1-9-2-5-13(6-3-9)11-8-14-7-4-10(11)12(15)16-13;1-9-4-6-13(7-5-9)10-3-2-8-14-11(10)12(15)16-13/h2-5,10H,6-9H2,1H3;6-8H,2-5H2,1H3;4,7-9H,2-3,5-6H2,1H3;2-3,8-9H,4-7H2,1H3. The number of pyridine rings is 3. The maximum atomic E-state index is 13.0. The number of nitrogens with zero attached hydrogens (tertiary/aromatic N) is 3. The number of rotatable bonds is 0. The number of esters is 4. The molecule has 65 heavy (non-hydrogen) atoms. The molecule has 4 spiro atoms. The lowest BCUT2D eigenvalue weighted by molar-refractivity contribution is -0.0354. The second kappa shape index (κ2) is 17.7. The van der Waals surface area contributed by atoms with Gasteiger partial charge in [-0.05, 0) is 145 Å². The zero-order valence-electron chi connectivity index (χ0n) is 38.0. The quantitative estimate of drug-likeness (QED) is 0.0945. The van der Waals surface area contributed by atoms with Gasteiger partial charge in [0.05, 0.1) is 16.7 Å². The van der Waals surface area contributed by atoms with Crippen LogP contribution in [0.15, 0.2) is 73.3 Å². The molecule has 4 aliphatic carbocycles. The Morgan fingerprint density at radius 3 is 1.42 bits per heavy atom. The van der Waals surface area contributed by atoms with Crippen molar-refractivity contribution in [1.29, 1.82) is 0 Å². The molecule has 3 aromatic heterocycles. The van der Waals surface area contributed by atoms with Gasteiger partial charge in [-0.25, -0.2) is 29.1 Å². The molecule has 4 saturated carbocycles. The minimum atomic E-state index is -0.623. The van der Waals surface area contributed by atoms with E-state index >= 15 is 0 Å². The minimum absolute atomic E-state index is 0.134. The third-order valence-electron chi connectivity index (χ3n) is 15.7. The fourth-order valence-electron chi connectivity index (χ4n) is 11.4. The van der Waals surface area contributed by atoms with E-state index in [1.807, 2.05) is 30.3 Å². The summed E-state index contributed by atoms with van der Waals surface area (Å²) >= 11 is 0. The van der Waals surface area contributed by atoms with E-state index in [0.29, 0.717) is 22.7 Å². The van der Waals surface area contributed by atoms with Crippen LogP contribution in [-0.2, 0) is 41.4 Å². The Hall–Kier alpha value is -5.52. The van der Waals surface area contributed by atoms with Crippen molar-refractivity contribution in [3.05, 3.63) is 124 Å². The van der Waals surface area contributed by atoms with Crippen molar-refractivity contribution in [2.24, 2.45) is 23.7 Å². The van der Waals surface area contributed by atoms with E-state index in [1.165, 1.54) is 12.3 Å². The fourth-order valence-corrected chi connectivity index (χ4v) is 11.4. The third kappa shape index (κ3) is 8.46. The van der Waals surface area contributed by atoms with Crippen LogP contribution in [0.25, 0.3) is 0 Å². The number of carbonyl (C=O) groups is 4. The summed E-state index contributed by atoms with van der Waals surface area (Å²) in [5.41, 5.74) is 4.74. The van der Waals surface area contributed by atoms with E-state index in [-0.39, 0.29) is 34.7 Å². The molecule has 1 aromatic carbocycles. The number of aromatic nitrogens is 3. The first kappa shape index (κ1) is 44.7. The second-order valence-corrected chi connectivity index (χ2v) is 20.2. The maximum absolute atomic E-state index is 13.0. The van der Waals surface area contributed by atoms with Crippen molar-refractivity contribution in [3.63, 3.8) is 0 Å². The first-order chi connectivity index (χ1) is 31.2. The molecule has 0 saturated heterocycles. The first-order valence-corrected chi connectivity index (χ1v) is 23.8. The van der Waals surface area contributed by atoms with Gasteiger partial charge in [0.2, 0.25) is 5.95 Å². The van der Waals surface area contributed by atoms with Gasteiger partial charge in [0.15, 0.2) is 5.69 Å². The van der Waals surface area contributed by atoms with Gasteiger partial charge in [-0.3, -0.25) is 4.98 Å². The zero-order valence-corrected chi connectivity index (χ0v) is 38.0. The second-order valence-electron chi connectivity index (χ2n) is 20.2. The number of carbonyl (C=O) groups excluding carboxylic acids is 4. The van der Waals surface area contributed by atoms with Gasteiger partial charge in [-0.1, -0.05) is 52.0 Å². The summed E-state index contributed by atoms with van der Waals surface area (Å²) in [7, 11) is 0. The smallest absolute Gasteiger partial charge is 0.358 e. The van der Waals surface area contributed by atoms with Gasteiger partial charge < -0.3 is 18.9 Å². The molecule has 0 radical (unpaired) electrons. The number of hydrogen-bond donors (Lipinski definition) is 0. The molecule has 0 amide bonds. The number of benzene rings is 1. The maximum Gasteiger partial charge on any atom is 0.358 e. The third-order valence-corrected chi connectivity index (χ3v) is 15.7. The lowest BCUT2D eigenvalue weighted by atomic mass is 9.75. The molecular weight excluding hydrogens is 826 g/mol. The fraction of sp³-hybridized carbons (Fsp3) is 0.528. The van der Waals surface area contributed by atoms with Gasteiger partial charge in [-0.15, -0.1) is 0 Å². The number of fused-ring (bicyclic) bond motifs is 8. The molecule has 11 nitrogen and oxygen atoms in total. The molecule has 0 N–H and O–H groups in total. The lowest BCUT2D eigenvalue weighted by Gasteiger charge is -2.35. The highest BCUT2D eigenvalue weighted by molar-refractivity contribution is 5.96. The van der Waals surface area contributed by atoms with Crippen molar-refractivity contribution in [1.82, 2.24) is 15.0 Å². The van der Waals surface area contributed by atoms with Crippen LogP contribution in [-0.4, -0.2) is 38.8 Å². The molecule has 4 aliphatic heterocycles. The largest absolute Gasteiger partial charge is 0.451 e. The molecule has 12 rings (SSSR count). The molecule has 0 unspecified atom stereocenters. The van der Waals surface area contributed by atoms with Gasteiger partial charge in [0.25, 0.3) is 0 Å². The van der Waals surface area contributed by atoms with Gasteiger partial charge in [0, 0.05) is 53.1 Å². The summed E-state index contributed by atoms with van der Waals surface area (Å²) in [6, 6.07) is 14.7. The van der Waals surface area contributed by atoms with Crippen LogP contribution in [0, 0.1) is 29.6 Å². The minimum Gasteiger partial charge on any atom is -0.451 e. The van der Waals surface area contributed by atoms with E-state index in [2.05, 4.69) is 48.7 Å². The number of halogens is 1. The summed E-state index contributed by atoms with van der Waals surface area (Å²) in [6.07, 6.45) is 22.8. The Bertz CT molecular complexity index is 2260. The van der Waals surface area contributed by atoms with Crippen LogP contribution < -0.4 is 0 Å². The Morgan fingerprint density at radius 1 is 0.462 bits per heavy atom. The van der Waals surface area contributed by atoms with Crippen LogP contribution >= 0.6 is 0 Å². The Morgan fingerprint density at radius 2 is 0.877 bits per heavy atom. The molecule has 8 aliphatic rings. The van der Waals surface area contributed by atoms with Crippen molar-refractivity contribution in [3.8, 4) is 0 Å². The van der Waals surface area contributed by atoms with Gasteiger partial charge >= 0.3 is 23.9 Å². The molecular formula is C53H60FN3O8. The topological polar surface area (TPSA) is 144 Å². The summed E-state index contributed by atoms with van der Waals surface area (Å²) in [5.74, 6) is 1.32. The predicted octanol–water partition coefficient (Wildman–Crippen LogP) is 11.4. The van der Waals surface area contributed by atoms with Gasteiger partial charge in [-0.2, -0.15) is 4.39 Å². The summed E-state index contributed by atoms with van der Waals surface area (Å²) < 4.78 is 35.5. The zero-order chi connectivity index (χ0) is 45.6. The molecule has 7 heterocycles. The van der Waals surface area contributed by atoms with E-state index < -0.39 is 17.5 Å². The Kier molecular flexibility index (Phi) is 12.2. The van der Waals surface area contributed by atoms with Crippen LogP contribution in [0.5, 0.6) is 0 Å². The van der Waals surface area contributed by atoms with Crippen LogP contribution in [0.4, 0.5) is 4.39 Å². The van der Waals surface area contributed by atoms with Crippen LogP contribution in [0.3, 0.4) is 0 Å². The van der Waals surface area contributed by atoms with Crippen molar-refractivity contribution in [2.75, 3.05) is 0 Å². The van der Waals surface area contributed by atoms with Crippen molar-refractivity contribution < 1.29 is 42.5 Å². The normalized spacial score (nSPS) is 32.3. The highest BCUT2D eigenvalue weighted by Gasteiger charge is 2.50. The van der Waals surface area contributed by atoms with E-state index in [9.17, 15) is 23.6 Å². The Balaban J connectivity index is 0.000000109. The average Bonchev–Trinajstić information content (AvgIpc) is 3.96. The number of ether oxygens (including phenoxy) is 4. The molecule has 342 valence electrons. The van der Waals surface area contributed by atoms with Crippen molar-refractivity contribution >= 4 is 23.9 Å². The highest BCUT2D eigenvalue weighted by atomic mass is 19.1. The van der Waals surface area contributed by atoms with Gasteiger partial charge in [0.1, 0.15) is 22.4 Å². The van der Waals surface area contributed by atoms with Crippen molar-refractivity contribution in [2.45, 2.75) is 153 Å². The van der Waals surface area contributed by atoms with E-state index in [4.69, 9.17) is 18.9 Å². The molecule has 0 bridgehead atoms. The highest BCUT2D eigenvalue weighted by Crippen LogP contribution is 2.51. The SMILES string of the molecule is CC1CCC2(CC1)OC(=O)c1cc(F)ncc12.CC1CCC2(CC1)OC(=O)c1ccccc12.CC1CCC2(CC1)OC(=O)c1ccncc12.CC1CCC2(CC1)OC(=O)c1ncccc12. The molecule has 4 fully saturated rings. The lowest BCUT2D eigenvalue weighted by Crippen LogP contribution is -2.31. The predicted molar refractivity (Wildman–Crippen MR) is 238 cm³/mol. The summed E-state index contributed by atoms with van der Waals surface area (Å²) in [5, 5.41) is 0. The average molecular weight is 886 g/mol. The van der Waals surface area contributed by atoms with E-state index in [0.717, 1.165) is 148 Å². The van der Waals surface area contributed by atoms with Crippen LogP contribution in [0.1, 0.15) is 194 Å². The first-order valence-electron chi connectivity index (χ1n) is 23.8. The van der Waals surface area contributed by atoms with E-state index in [1.54, 1.807) is 24.7 Å². The summed E-state index contributed by atoms with van der Waals surface area (Å²) in [4.78, 5) is 59.0. The molecule has 0 atom stereocenters. The molecule has 4 aromatic rings.